The lowest BCUT2D eigenvalue weighted by Crippen LogP contribution is -2.30. The van der Waals surface area contributed by atoms with E-state index in [1.54, 1.807) is 0 Å². The largest absolute Gasteiger partial charge is 0.472 e. The Morgan fingerprint density at radius 3 is 1.03 bits per heavy atom. The Morgan fingerprint density at radius 2 is 0.683 bits per heavy atom. The molecule has 0 rings (SSSR count). The molecule has 0 aliphatic carbocycles. The summed E-state index contributed by atoms with van der Waals surface area (Å²) in [5, 5.41) is 10.3. The van der Waals surface area contributed by atoms with Crippen LogP contribution in [0.2, 0.25) is 0 Å². The van der Waals surface area contributed by atoms with Crippen molar-refractivity contribution in [2.24, 2.45) is 0 Å². The Hall–Kier alpha value is -1.94. The van der Waals surface area contributed by atoms with Crippen molar-refractivity contribution in [2.75, 3.05) is 39.6 Å². The number of carbonyl (C=O) groups excluding carboxylic acids is 4. The second-order valence-corrected chi connectivity index (χ2v) is 17.9. The molecule has 0 aromatic heterocycles. The molecule has 0 aliphatic rings. The van der Waals surface area contributed by atoms with Crippen LogP contribution in [-0.4, -0.2) is 96.7 Å². The van der Waals surface area contributed by atoms with Crippen LogP contribution >= 0.6 is 15.6 Å². The summed E-state index contributed by atoms with van der Waals surface area (Å²) in [5.74, 6) is -2.23. The molecule has 0 bridgehead atoms. The maximum absolute atomic E-state index is 12.7. The van der Waals surface area contributed by atoms with Crippen molar-refractivity contribution in [3.8, 4) is 0 Å². The van der Waals surface area contributed by atoms with E-state index in [-0.39, 0.29) is 25.7 Å². The van der Waals surface area contributed by atoms with Crippen molar-refractivity contribution in [3.05, 3.63) is 0 Å². The first kappa shape index (κ1) is 58.1. The number of hydrogen-bond donors (Lipinski definition) is 3. The van der Waals surface area contributed by atoms with Crippen LogP contribution in [-0.2, 0) is 65.4 Å². The van der Waals surface area contributed by atoms with Gasteiger partial charge in [-0.1, -0.05) is 130 Å². The fraction of sp³-hybridized carbons (Fsp3) is 0.902. The van der Waals surface area contributed by atoms with E-state index in [0.29, 0.717) is 25.7 Å². The number of aliphatic hydroxyl groups is 1. The van der Waals surface area contributed by atoms with Crippen LogP contribution in [0.1, 0.15) is 182 Å². The molecular weight excluding hydrogens is 826 g/mol. The Balaban J connectivity index is 5.08. The Kier molecular flexibility index (Phi) is 36.4. The summed E-state index contributed by atoms with van der Waals surface area (Å²) >= 11 is 0. The maximum atomic E-state index is 12.7. The fourth-order valence-electron chi connectivity index (χ4n) is 5.55. The molecule has 19 heteroatoms. The van der Waals surface area contributed by atoms with Gasteiger partial charge < -0.3 is 33.8 Å². The van der Waals surface area contributed by atoms with Gasteiger partial charge in [-0.15, -0.1) is 0 Å². The van der Waals surface area contributed by atoms with Crippen LogP contribution in [0.25, 0.3) is 0 Å². The SMILES string of the molecule is CCCCCCCCCC(=O)O[C@H](COC(=O)CCCCCCCC)COP(=O)(O)OC[C@@H](O)COP(=O)(O)OC[C@@H](COC(=O)CCCC)OC(=O)CCCCCCC. The van der Waals surface area contributed by atoms with Crippen molar-refractivity contribution in [3.63, 3.8) is 0 Å². The third kappa shape index (κ3) is 36.7. The quantitative estimate of drug-likeness (QED) is 0.0224. The first-order valence-corrected chi connectivity index (χ1v) is 25.3. The minimum atomic E-state index is -4.90. The fourth-order valence-corrected chi connectivity index (χ4v) is 7.13. The molecule has 0 fully saturated rings. The number of phosphoric acid groups is 2. The van der Waals surface area contributed by atoms with Crippen molar-refractivity contribution in [1.82, 2.24) is 0 Å². The molecule has 3 N–H and O–H groups in total. The first-order valence-electron chi connectivity index (χ1n) is 22.3. The van der Waals surface area contributed by atoms with Gasteiger partial charge in [-0.05, 0) is 25.7 Å². The average molecular weight is 905 g/mol. The third-order valence-corrected chi connectivity index (χ3v) is 11.0. The van der Waals surface area contributed by atoms with Crippen molar-refractivity contribution in [1.29, 1.82) is 0 Å². The van der Waals surface area contributed by atoms with E-state index in [2.05, 4.69) is 20.8 Å². The van der Waals surface area contributed by atoms with Gasteiger partial charge in [0.25, 0.3) is 0 Å². The molecule has 0 amide bonds. The second-order valence-electron chi connectivity index (χ2n) is 15.0. The molecule has 17 nitrogen and oxygen atoms in total. The zero-order chi connectivity index (χ0) is 44.9. The topological polar surface area (TPSA) is 237 Å². The smallest absolute Gasteiger partial charge is 0.462 e. The van der Waals surface area contributed by atoms with E-state index in [1.807, 2.05) is 6.92 Å². The number of rotatable bonds is 42. The summed E-state index contributed by atoms with van der Waals surface area (Å²) in [5.41, 5.74) is 0. The summed E-state index contributed by atoms with van der Waals surface area (Å²) in [6, 6.07) is 0. The number of aliphatic hydroxyl groups excluding tert-OH is 1. The van der Waals surface area contributed by atoms with E-state index in [4.69, 9.17) is 37.0 Å². The number of esters is 4. The molecule has 5 atom stereocenters. The minimum absolute atomic E-state index is 0.0970. The Morgan fingerprint density at radius 1 is 0.400 bits per heavy atom. The van der Waals surface area contributed by atoms with Crippen LogP contribution in [0, 0.1) is 0 Å². The molecule has 2 unspecified atom stereocenters. The molecule has 0 spiro atoms. The highest BCUT2D eigenvalue weighted by Gasteiger charge is 2.30. The van der Waals surface area contributed by atoms with E-state index in [9.17, 15) is 43.2 Å². The van der Waals surface area contributed by atoms with Gasteiger partial charge in [0.15, 0.2) is 12.2 Å². The van der Waals surface area contributed by atoms with Crippen LogP contribution in [0.3, 0.4) is 0 Å². The van der Waals surface area contributed by atoms with Gasteiger partial charge in [0, 0.05) is 25.7 Å². The zero-order valence-corrected chi connectivity index (χ0v) is 38.7. The predicted molar refractivity (Wildman–Crippen MR) is 225 cm³/mol. The average Bonchev–Trinajstić information content (AvgIpc) is 3.21. The molecule has 0 aromatic rings. The van der Waals surface area contributed by atoms with E-state index in [0.717, 1.165) is 103 Å². The molecule has 60 heavy (non-hydrogen) atoms. The normalized spacial score (nSPS) is 15.0. The molecule has 354 valence electrons. The standard InChI is InChI=1S/C41H78O17P2/c1-5-9-13-16-18-21-24-28-41(46)58-37(32-52-39(44)26-22-20-17-14-10-6-2)34-56-60(49,50)54-30-35(42)29-53-59(47,48)55-33-36(31-51-38(43)25-12-8-4)57-40(45)27-23-19-15-11-7-3/h35-37,42H,5-34H2,1-4H3,(H,47,48)(H,49,50)/t35-,36+,37+/m0/s1. The molecule has 0 saturated carbocycles. The maximum Gasteiger partial charge on any atom is 0.472 e. The zero-order valence-electron chi connectivity index (χ0n) is 36.9. The predicted octanol–water partition coefficient (Wildman–Crippen LogP) is 8.97. The molecule has 0 aliphatic heterocycles. The Bertz CT molecular complexity index is 1220. The van der Waals surface area contributed by atoms with Crippen LogP contribution in [0.15, 0.2) is 0 Å². The highest BCUT2D eigenvalue weighted by Crippen LogP contribution is 2.45. The second kappa shape index (κ2) is 37.6. The molecular formula is C41H78O17P2. The number of phosphoric ester groups is 2. The highest BCUT2D eigenvalue weighted by atomic mass is 31.2. The van der Waals surface area contributed by atoms with Gasteiger partial charge >= 0.3 is 39.5 Å². The third-order valence-electron chi connectivity index (χ3n) is 9.10. The first-order chi connectivity index (χ1) is 28.7. The van der Waals surface area contributed by atoms with Crippen molar-refractivity contribution in [2.45, 2.75) is 200 Å². The monoisotopic (exact) mass is 904 g/mol. The van der Waals surface area contributed by atoms with Gasteiger partial charge in [0.2, 0.25) is 0 Å². The highest BCUT2D eigenvalue weighted by molar-refractivity contribution is 7.47. The number of unbranched alkanes of at least 4 members (excludes halogenated alkanes) is 16. The lowest BCUT2D eigenvalue weighted by Gasteiger charge is -2.21. The van der Waals surface area contributed by atoms with Crippen LogP contribution < -0.4 is 0 Å². The Labute approximate surface area is 358 Å². The summed E-state index contributed by atoms with van der Waals surface area (Å²) in [6.45, 7) is 4.24. The van der Waals surface area contributed by atoms with Gasteiger partial charge in [0.1, 0.15) is 19.3 Å². The van der Waals surface area contributed by atoms with E-state index in [1.165, 1.54) is 0 Å². The summed E-state index contributed by atoms with van der Waals surface area (Å²) in [7, 11) is -9.80. The van der Waals surface area contributed by atoms with Gasteiger partial charge in [-0.3, -0.25) is 37.3 Å². The van der Waals surface area contributed by atoms with E-state index >= 15 is 0 Å². The van der Waals surface area contributed by atoms with Crippen LogP contribution in [0.4, 0.5) is 0 Å². The minimum Gasteiger partial charge on any atom is -0.462 e. The summed E-state index contributed by atoms with van der Waals surface area (Å²) in [4.78, 5) is 69.9. The van der Waals surface area contributed by atoms with Crippen LogP contribution in [0.5, 0.6) is 0 Å². The lowest BCUT2D eigenvalue weighted by molar-refractivity contribution is -0.161. The summed E-state index contributed by atoms with van der Waals surface area (Å²) < 4.78 is 66.0. The number of hydrogen-bond acceptors (Lipinski definition) is 15. The number of ether oxygens (including phenoxy) is 4. The molecule has 0 aromatic carbocycles. The van der Waals surface area contributed by atoms with E-state index < -0.39 is 97.5 Å². The molecule has 0 radical (unpaired) electrons. The molecule has 0 saturated heterocycles. The lowest BCUT2D eigenvalue weighted by atomic mass is 10.1. The molecule has 0 heterocycles. The van der Waals surface area contributed by atoms with Crippen molar-refractivity contribution >= 4 is 39.5 Å². The summed E-state index contributed by atoms with van der Waals surface area (Å²) in [6.07, 6.45) is 14.9. The van der Waals surface area contributed by atoms with Gasteiger partial charge in [-0.25, -0.2) is 9.13 Å². The van der Waals surface area contributed by atoms with Gasteiger partial charge in [0.05, 0.1) is 26.4 Å². The number of carbonyl (C=O) groups is 4. The van der Waals surface area contributed by atoms with Crippen molar-refractivity contribution < 1.29 is 80.2 Å². The van der Waals surface area contributed by atoms with Gasteiger partial charge in [-0.2, -0.15) is 0 Å².